The summed E-state index contributed by atoms with van der Waals surface area (Å²) < 4.78 is 6.68. The van der Waals surface area contributed by atoms with E-state index in [0.29, 0.717) is 25.3 Å². The Bertz CT molecular complexity index is 727. The van der Waals surface area contributed by atoms with Gasteiger partial charge in [0.2, 0.25) is 0 Å². The van der Waals surface area contributed by atoms with Crippen LogP contribution in [0.2, 0.25) is 5.02 Å². The average Bonchev–Trinajstić information content (AvgIpc) is 2.54. The van der Waals surface area contributed by atoms with Gasteiger partial charge in [-0.25, -0.2) is 0 Å². The summed E-state index contributed by atoms with van der Waals surface area (Å²) >= 11 is 5.85. The molecule has 0 spiro atoms. The van der Waals surface area contributed by atoms with E-state index in [4.69, 9.17) is 16.3 Å². The summed E-state index contributed by atoms with van der Waals surface area (Å²) in [6.45, 7) is 1.70. The maximum atomic E-state index is 12.0. The quantitative estimate of drug-likeness (QED) is 0.940. The number of methoxy groups -OCH3 is 1. The molecule has 0 amide bonds. The molecule has 0 fully saturated rings. The van der Waals surface area contributed by atoms with Crippen LogP contribution in [0.4, 0.5) is 0 Å². The molecular formula is C16H17ClN2O3. The van der Waals surface area contributed by atoms with Gasteiger partial charge in [0, 0.05) is 19.6 Å². The van der Waals surface area contributed by atoms with Crippen molar-refractivity contribution in [3.05, 3.63) is 63.0 Å². The van der Waals surface area contributed by atoms with Crippen molar-refractivity contribution in [2.45, 2.75) is 19.3 Å². The number of aromatic nitrogens is 1. The normalized spacial score (nSPS) is 18.0. The molecule has 5 nitrogen and oxygen atoms in total. The van der Waals surface area contributed by atoms with Crippen LogP contribution >= 0.6 is 11.6 Å². The number of aliphatic hydroxyl groups excluding tert-OH is 1. The highest BCUT2D eigenvalue weighted by atomic mass is 35.5. The number of rotatable bonds is 3. The zero-order valence-corrected chi connectivity index (χ0v) is 13.0. The summed E-state index contributed by atoms with van der Waals surface area (Å²) in [6, 6.07) is 11.0. The third kappa shape index (κ3) is 2.75. The van der Waals surface area contributed by atoms with E-state index in [1.807, 2.05) is 29.2 Å². The minimum atomic E-state index is -0.819. The van der Waals surface area contributed by atoms with E-state index in [2.05, 4.69) is 0 Å². The SMILES string of the molecule is COc1ccc(CN2CCn3c(ccc(Cl)c3=O)C2O)cc1. The first-order valence-electron chi connectivity index (χ1n) is 7.04. The predicted octanol–water partition coefficient (Wildman–Crippen LogP) is 2.02. The highest BCUT2D eigenvalue weighted by molar-refractivity contribution is 6.30. The van der Waals surface area contributed by atoms with Gasteiger partial charge in [0.1, 0.15) is 17.0 Å². The second kappa shape index (κ2) is 6.12. The maximum Gasteiger partial charge on any atom is 0.269 e. The number of fused-ring (bicyclic) bond motifs is 1. The molecule has 1 aromatic carbocycles. The molecule has 1 aromatic heterocycles. The van der Waals surface area contributed by atoms with Crippen LogP contribution in [0.3, 0.4) is 0 Å². The first-order chi connectivity index (χ1) is 10.6. The van der Waals surface area contributed by atoms with E-state index in [0.717, 1.165) is 11.3 Å². The highest BCUT2D eigenvalue weighted by Crippen LogP contribution is 2.24. The molecule has 1 N–H and O–H groups in total. The van der Waals surface area contributed by atoms with Gasteiger partial charge >= 0.3 is 0 Å². The minimum absolute atomic E-state index is 0.180. The molecule has 2 aromatic rings. The Hall–Kier alpha value is -1.82. The van der Waals surface area contributed by atoms with Gasteiger partial charge in [-0.3, -0.25) is 9.69 Å². The van der Waals surface area contributed by atoms with Crippen LogP contribution in [-0.2, 0) is 13.1 Å². The third-order valence-electron chi connectivity index (χ3n) is 3.93. The lowest BCUT2D eigenvalue weighted by atomic mass is 10.1. The zero-order valence-electron chi connectivity index (χ0n) is 12.2. The van der Waals surface area contributed by atoms with Crippen LogP contribution in [0.25, 0.3) is 0 Å². The molecule has 0 radical (unpaired) electrons. The van der Waals surface area contributed by atoms with Crippen molar-refractivity contribution in [1.29, 1.82) is 0 Å². The Morgan fingerprint density at radius 2 is 1.95 bits per heavy atom. The van der Waals surface area contributed by atoms with Gasteiger partial charge in [0.25, 0.3) is 5.56 Å². The number of nitrogens with zero attached hydrogens (tertiary/aromatic N) is 2. The van der Waals surface area contributed by atoms with Crippen molar-refractivity contribution in [3.8, 4) is 5.75 Å². The molecule has 1 aliphatic heterocycles. The monoisotopic (exact) mass is 320 g/mol. The minimum Gasteiger partial charge on any atom is -0.497 e. The van der Waals surface area contributed by atoms with Crippen LogP contribution in [0.15, 0.2) is 41.2 Å². The molecule has 2 heterocycles. The average molecular weight is 321 g/mol. The largest absolute Gasteiger partial charge is 0.497 e. The fourth-order valence-corrected chi connectivity index (χ4v) is 2.86. The van der Waals surface area contributed by atoms with Gasteiger partial charge < -0.3 is 14.4 Å². The fourth-order valence-electron chi connectivity index (χ4n) is 2.69. The number of hydrogen-bond donors (Lipinski definition) is 1. The highest BCUT2D eigenvalue weighted by Gasteiger charge is 2.26. The molecule has 3 rings (SSSR count). The Balaban J connectivity index is 1.82. The smallest absolute Gasteiger partial charge is 0.269 e. The number of pyridine rings is 1. The van der Waals surface area contributed by atoms with Gasteiger partial charge in [0.15, 0.2) is 0 Å². The fraction of sp³-hybridized carbons (Fsp3) is 0.312. The molecule has 1 aliphatic rings. The van der Waals surface area contributed by atoms with Crippen molar-refractivity contribution >= 4 is 11.6 Å². The Morgan fingerprint density at radius 1 is 1.23 bits per heavy atom. The molecular weight excluding hydrogens is 304 g/mol. The number of halogens is 1. The molecule has 22 heavy (non-hydrogen) atoms. The van der Waals surface area contributed by atoms with E-state index in [-0.39, 0.29) is 10.6 Å². The van der Waals surface area contributed by atoms with E-state index in [1.54, 1.807) is 13.2 Å². The van der Waals surface area contributed by atoms with Crippen molar-refractivity contribution in [3.63, 3.8) is 0 Å². The Morgan fingerprint density at radius 3 is 2.64 bits per heavy atom. The zero-order chi connectivity index (χ0) is 15.7. The second-order valence-corrected chi connectivity index (χ2v) is 5.66. The first-order valence-corrected chi connectivity index (χ1v) is 7.42. The molecule has 0 bridgehead atoms. The second-order valence-electron chi connectivity index (χ2n) is 5.26. The molecule has 6 heteroatoms. The van der Waals surface area contributed by atoms with Crippen LogP contribution in [-0.4, -0.2) is 28.2 Å². The molecule has 1 unspecified atom stereocenters. The molecule has 1 atom stereocenters. The molecule has 116 valence electrons. The van der Waals surface area contributed by atoms with Gasteiger partial charge in [-0.2, -0.15) is 0 Å². The van der Waals surface area contributed by atoms with E-state index >= 15 is 0 Å². The lowest BCUT2D eigenvalue weighted by Gasteiger charge is -2.34. The topological polar surface area (TPSA) is 54.7 Å². The summed E-state index contributed by atoms with van der Waals surface area (Å²) in [5.41, 5.74) is 1.40. The number of ether oxygens (including phenoxy) is 1. The lowest BCUT2D eigenvalue weighted by Crippen LogP contribution is -2.42. The van der Waals surface area contributed by atoms with Gasteiger partial charge in [0.05, 0.1) is 12.8 Å². The van der Waals surface area contributed by atoms with E-state index < -0.39 is 6.23 Å². The van der Waals surface area contributed by atoms with Gasteiger partial charge in [-0.15, -0.1) is 0 Å². The Kier molecular flexibility index (Phi) is 4.20. The summed E-state index contributed by atoms with van der Waals surface area (Å²) in [4.78, 5) is 13.9. The van der Waals surface area contributed by atoms with Gasteiger partial charge in [-0.1, -0.05) is 23.7 Å². The summed E-state index contributed by atoms with van der Waals surface area (Å²) in [6.07, 6.45) is -0.819. The number of hydrogen-bond acceptors (Lipinski definition) is 4. The predicted molar refractivity (Wildman–Crippen MR) is 84.1 cm³/mol. The first kappa shape index (κ1) is 15.1. The summed E-state index contributed by atoms with van der Waals surface area (Å²) in [5.74, 6) is 0.800. The van der Waals surface area contributed by atoms with Gasteiger partial charge in [-0.05, 0) is 29.8 Å². The summed E-state index contributed by atoms with van der Waals surface area (Å²) in [7, 11) is 1.63. The van der Waals surface area contributed by atoms with Crippen LogP contribution in [0.1, 0.15) is 17.5 Å². The third-order valence-corrected chi connectivity index (χ3v) is 4.22. The van der Waals surface area contributed by atoms with Crippen LogP contribution < -0.4 is 10.3 Å². The van der Waals surface area contributed by atoms with E-state index in [9.17, 15) is 9.90 Å². The van der Waals surface area contributed by atoms with Crippen molar-refractivity contribution in [2.75, 3.05) is 13.7 Å². The lowest BCUT2D eigenvalue weighted by molar-refractivity contribution is -0.0282. The Labute approximate surface area is 133 Å². The van der Waals surface area contributed by atoms with Crippen molar-refractivity contribution < 1.29 is 9.84 Å². The van der Waals surface area contributed by atoms with Crippen LogP contribution in [0, 0.1) is 0 Å². The van der Waals surface area contributed by atoms with E-state index in [1.165, 1.54) is 10.6 Å². The number of aliphatic hydroxyl groups is 1. The molecule has 0 aliphatic carbocycles. The van der Waals surface area contributed by atoms with Crippen molar-refractivity contribution in [2.24, 2.45) is 0 Å². The standard InChI is InChI=1S/C16H17ClN2O3/c1-22-12-4-2-11(3-5-12)10-18-8-9-19-14(16(18)21)7-6-13(17)15(19)20/h2-7,16,21H,8-10H2,1H3. The molecule has 0 saturated heterocycles. The van der Waals surface area contributed by atoms with Crippen molar-refractivity contribution in [1.82, 2.24) is 9.47 Å². The van der Waals surface area contributed by atoms with Crippen LogP contribution in [0.5, 0.6) is 5.75 Å². The summed E-state index contributed by atoms with van der Waals surface area (Å²) in [5, 5.41) is 10.7. The maximum absolute atomic E-state index is 12.0. The molecule has 0 saturated carbocycles. The number of benzene rings is 1.